The van der Waals surface area contributed by atoms with Crippen molar-refractivity contribution < 1.29 is 13.2 Å². The van der Waals surface area contributed by atoms with Crippen molar-refractivity contribution in [3.8, 4) is 0 Å². The Morgan fingerprint density at radius 2 is 1.79 bits per heavy atom. The molecule has 0 spiro atoms. The Hall–Kier alpha value is -2.48. The van der Waals surface area contributed by atoms with E-state index in [0.717, 1.165) is 22.3 Å². The fourth-order valence-corrected chi connectivity index (χ4v) is 6.29. The molecule has 3 aromatic rings. The fourth-order valence-electron chi connectivity index (χ4n) is 3.61. The van der Waals surface area contributed by atoms with Gasteiger partial charge in [-0.2, -0.15) is 4.31 Å². The van der Waals surface area contributed by atoms with Gasteiger partial charge in [-0.05, 0) is 47.0 Å². The van der Waals surface area contributed by atoms with Crippen molar-refractivity contribution in [2.45, 2.75) is 36.7 Å². The highest BCUT2D eigenvalue weighted by molar-refractivity contribution is 7.91. The third-order valence-corrected chi connectivity index (χ3v) is 8.51. The second kappa shape index (κ2) is 8.10. The predicted octanol–water partition coefficient (Wildman–Crippen LogP) is 3.49. The lowest BCUT2D eigenvalue weighted by Gasteiger charge is -2.34. The van der Waals surface area contributed by atoms with Gasteiger partial charge in [0.15, 0.2) is 0 Å². The Balaban J connectivity index is 1.63. The third-order valence-electron chi connectivity index (χ3n) is 5.28. The molecule has 5 nitrogen and oxygen atoms in total. The average molecular weight is 427 g/mol. The molecule has 0 saturated heterocycles. The maximum atomic E-state index is 13.3. The zero-order valence-electron chi connectivity index (χ0n) is 16.0. The first-order valence-electron chi connectivity index (χ1n) is 9.41. The monoisotopic (exact) mass is 426 g/mol. The van der Waals surface area contributed by atoms with Crippen LogP contribution in [0.1, 0.15) is 22.3 Å². The fraction of sp³-hybridized carbons (Fsp3) is 0.227. The summed E-state index contributed by atoms with van der Waals surface area (Å²) in [5.41, 5.74) is 4.06. The van der Waals surface area contributed by atoms with Gasteiger partial charge in [0.05, 0.1) is 0 Å². The van der Waals surface area contributed by atoms with Gasteiger partial charge in [-0.25, -0.2) is 8.42 Å². The molecule has 0 radical (unpaired) electrons. The molecule has 4 rings (SSSR count). The summed E-state index contributed by atoms with van der Waals surface area (Å²) in [7, 11) is -3.76. The van der Waals surface area contributed by atoms with E-state index in [1.807, 2.05) is 55.5 Å². The van der Waals surface area contributed by atoms with Crippen LogP contribution in [-0.2, 0) is 34.3 Å². The SMILES string of the molecule is Cc1ccccc1CNC(=O)C1Cc2ccccc2CN1S(=O)(=O)c1cccs1. The number of aryl methyl sites for hydroxylation is 1. The highest BCUT2D eigenvalue weighted by Gasteiger charge is 2.39. The molecular weight excluding hydrogens is 404 g/mol. The summed E-state index contributed by atoms with van der Waals surface area (Å²) in [5, 5.41) is 4.68. The second-order valence-electron chi connectivity index (χ2n) is 7.12. The van der Waals surface area contributed by atoms with Crippen LogP contribution in [0, 0.1) is 6.92 Å². The van der Waals surface area contributed by atoms with E-state index >= 15 is 0 Å². The predicted molar refractivity (Wildman–Crippen MR) is 114 cm³/mol. The van der Waals surface area contributed by atoms with Crippen LogP contribution >= 0.6 is 11.3 Å². The van der Waals surface area contributed by atoms with Crippen LogP contribution < -0.4 is 5.32 Å². The van der Waals surface area contributed by atoms with Crippen LogP contribution in [0.4, 0.5) is 0 Å². The number of hydrogen-bond donors (Lipinski definition) is 1. The number of rotatable bonds is 5. The van der Waals surface area contributed by atoms with Crippen molar-refractivity contribution in [3.63, 3.8) is 0 Å². The summed E-state index contributed by atoms with van der Waals surface area (Å²) in [6.07, 6.45) is 0.361. The number of nitrogens with zero attached hydrogens (tertiary/aromatic N) is 1. The average Bonchev–Trinajstić information content (AvgIpc) is 3.28. The standard InChI is InChI=1S/C22H22N2O3S2/c1-16-7-2-3-9-18(16)14-23-22(25)20-13-17-8-4-5-10-19(17)15-24(20)29(26,27)21-11-6-12-28-21/h2-12,20H,13-15H2,1H3,(H,23,25). The first-order valence-corrected chi connectivity index (χ1v) is 11.7. The van der Waals surface area contributed by atoms with Gasteiger partial charge in [0.25, 0.3) is 10.0 Å². The second-order valence-corrected chi connectivity index (χ2v) is 10.2. The van der Waals surface area contributed by atoms with Crippen molar-refractivity contribution in [1.29, 1.82) is 0 Å². The van der Waals surface area contributed by atoms with Crippen LogP contribution in [-0.4, -0.2) is 24.7 Å². The van der Waals surface area contributed by atoms with Crippen LogP contribution in [0.2, 0.25) is 0 Å². The van der Waals surface area contributed by atoms with Crippen LogP contribution in [0.15, 0.2) is 70.3 Å². The number of benzene rings is 2. The summed E-state index contributed by atoms with van der Waals surface area (Å²) < 4.78 is 28.1. The van der Waals surface area contributed by atoms with E-state index < -0.39 is 16.1 Å². The maximum Gasteiger partial charge on any atom is 0.253 e. The largest absolute Gasteiger partial charge is 0.351 e. The molecular formula is C22H22N2O3S2. The van der Waals surface area contributed by atoms with Crippen LogP contribution in [0.25, 0.3) is 0 Å². The molecule has 7 heteroatoms. The Bertz CT molecular complexity index is 1120. The third kappa shape index (κ3) is 3.99. The normalized spacial score (nSPS) is 16.9. The van der Waals surface area contributed by atoms with Crippen molar-refractivity contribution in [1.82, 2.24) is 9.62 Å². The Kier molecular flexibility index (Phi) is 5.54. The smallest absolute Gasteiger partial charge is 0.253 e. The lowest BCUT2D eigenvalue weighted by Crippen LogP contribution is -2.52. The number of sulfonamides is 1. The molecule has 1 unspecified atom stereocenters. The van der Waals surface area contributed by atoms with Crippen LogP contribution in [0.5, 0.6) is 0 Å². The highest BCUT2D eigenvalue weighted by atomic mass is 32.2. The van der Waals surface area contributed by atoms with E-state index in [9.17, 15) is 13.2 Å². The molecule has 0 saturated carbocycles. The molecule has 1 atom stereocenters. The number of carbonyl (C=O) groups is 1. The number of carbonyl (C=O) groups excluding carboxylic acids is 1. The first-order chi connectivity index (χ1) is 14.0. The Morgan fingerprint density at radius 1 is 1.07 bits per heavy atom. The van der Waals surface area contributed by atoms with E-state index in [-0.39, 0.29) is 16.7 Å². The minimum Gasteiger partial charge on any atom is -0.351 e. The van der Waals surface area contributed by atoms with Gasteiger partial charge in [0.1, 0.15) is 10.3 Å². The van der Waals surface area contributed by atoms with E-state index in [4.69, 9.17) is 0 Å². The number of hydrogen-bond acceptors (Lipinski definition) is 4. The summed E-state index contributed by atoms with van der Waals surface area (Å²) in [5.74, 6) is -0.275. The lowest BCUT2D eigenvalue weighted by atomic mass is 9.95. The number of amides is 1. The van der Waals surface area contributed by atoms with Gasteiger partial charge in [0, 0.05) is 13.1 Å². The van der Waals surface area contributed by atoms with E-state index in [1.54, 1.807) is 17.5 Å². The molecule has 0 aliphatic carbocycles. The van der Waals surface area contributed by atoms with E-state index in [0.29, 0.717) is 13.0 Å². The molecule has 1 aliphatic rings. The molecule has 0 bridgehead atoms. The Labute approximate surface area is 175 Å². The summed E-state index contributed by atoms with van der Waals surface area (Å²) in [6, 6.07) is 18.1. The molecule has 1 amide bonds. The molecule has 2 heterocycles. The van der Waals surface area contributed by atoms with Crippen molar-refractivity contribution >= 4 is 27.3 Å². The maximum absolute atomic E-state index is 13.3. The highest BCUT2D eigenvalue weighted by Crippen LogP contribution is 2.31. The minimum absolute atomic E-state index is 0.193. The van der Waals surface area contributed by atoms with Crippen molar-refractivity contribution in [2.24, 2.45) is 0 Å². The molecule has 1 aliphatic heterocycles. The molecule has 29 heavy (non-hydrogen) atoms. The first kappa shape index (κ1) is 19.8. The van der Waals surface area contributed by atoms with Crippen molar-refractivity contribution in [3.05, 3.63) is 88.3 Å². The molecule has 0 fully saturated rings. The summed E-state index contributed by atoms with van der Waals surface area (Å²) in [4.78, 5) is 13.1. The zero-order chi connectivity index (χ0) is 20.4. The van der Waals surface area contributed by atoms with Crippen LogP contribution in [0.3, 0.4) is 0 Å². The van der Waals surface area contributed by atoms with Gasteiger partial charge in [-0.1, -0.05) is 54.6 Å². The topological polar surface area (TPSA) is 66.5 Å². The minimum atomic E-state index is -3.76. The van der Waals surface area contributed by atoms with Gasteiger partial charge in [-0.3, -0.25) is 4.79 Å². The van der Waals surface area contributed by atoms with E-state index in [1.165, 1.54) is 15.6 Å². The molecule has 150 valence electrons. The quantitative estimate of drug-likeness (QED) is 0.679. The van der Waals surface area contributed by atoms with Gasteiger partial charge in [-0.15, -0.1) is 11.3 Å². The summed E-state index contributed by atoms with van der Waals surface area (Å²) >= 11 is 1.17. The molecule has 1 aromatic heterocycles. The van der Waals surface area contributed by atoms with Crippen molar-refractivity contribution in [2.75, 3.05) is 0 Å². The molecule has 1 N–H and O–H groups in total. The lowest BCUT2D eigenvalue weighted by molar-refractivity contribution is -0.125. The number of fused-ring (bicyclic) bond motifs is 1. The van der Waals surface area contributed by atoms with Gasteiger partial charge in [0.2, 0.25) is 5.91 Å². The number of nitrogens with one attached hydrogen (secondary N) is 1. The van der Waals surface area contributed by atoms with Gasteiger partial charge >= 0.3 is 0 Å². The zero-order valence-corrected chi connectivity index (χ0v) is 17.7. The van der Waals surface area contributed by atoms with E-state index in [2.05, 4.69) is 5.32 Å². The number of thiophene rings is 1. The molecule has 2 aromatic carbocycles. The van der Waals surface area contributed by atoms with Gasteiger partial charge < -0.3 is 5.32 Å². The Morgan fingerprint density at radius 3 is 2.52 bits per heavy atom. The summed E-state index contributed by atoms with van der Waals surface area (Å²) in [6.45, 7) is 2.56.